The predicted octanol–water partition coefficient (Wildman–Crippen LogP) is 1.05. The summed E-state index contributed by atoms with van der Waals surface area (Å²) in [7, 11) is 0. The Hall–Kier alpha value is -5.34. The molecule has 3 unspecified atom stereocenters. The molecule has 16 heteroatoms. The molecule has 3 atom stereocenters. The lowest BCUT2D eigenvalue weighted by Gasteiger charge is -2.40. The third-order valence-corrected chi connectivity index (χ3v) is 5.88. The molecule has 3 rings (SSSR count). The van der Waals surface area contributed by atoms with E-state index < -0.39 is 57.7 Å². The van der Waals surface area contributed by atoms with Gasteiger partial charge in [-0.2, -0.15) is 4.79 Å². The molecule has 1 aliphatic heterocycles. The van der Waals surface area contributed by atoms with Crippen molar-refractivity contribution in [2.24, 2.45) is 5.92 Å². The first kappa shape index (κ1) is 29.2. The van der Waals surface area contributed by atoms with E-state index in [9.17, 15) is 44.9 Å². The molecule has 0 saturated carbocycles. The molecule has 0 spiro atoms. The Labute approximate surface area is 224 Å². The summed E-state index contributed by atoms with van der Waals surface area (Å²) in [5.74, 6) is -3.73. The number of ketones is 1. The Balaban J connectivity index is 1.61. The van der Waals surface area contributed by atoms with Crippen LogP contribution in [0.5, 0.6) is 0 Å². The largest absolute Gasteiger partial charge is 0.465 e. The number of Topliss-reactive ketones (excluding diaryl/α,β-unsaturated/α-hetero) is 1. The third-order valence-electron chi connectivity index (χ3n) is 5.88. The maximum Gasteiger partial charge on any atom is 0.441 e. The SMILES string of the molecule is [N-]=[N+]=C(C(=O)CC1NC(=O)C1C(COC=O)OCc1ccc([N+](=O)[O-])cc1)C(=O)OCc1ccc([N+](=O)[O-])cc1. The number of nitro groups is 2. The van der Waals surface area contributed by atoms with Crippen LogP contribution in [0.3, 0.4) is 0 Å². The summed E-state index contributed by atoms with van der Waals surface area (Å²) in [6, 6.07) is 9.63. The first-order valence-corrected chi connectivity index (χ1v) is 11.5. The van der Waals surface area contributed by atoms with Gasteiger partial charge in [-0.1, -0.05) is 0 Å². The van der Waals surface area contributed by atoms with E-state index in [0.29, 0.717) is 11.1 Å². The molecule has 0 aromatic heterocycles. The van der Waals surface area contributed by atoms with Crippen molar-refractivity contribution in [2.45, 2.75) is 31.8 Å². The Morgan fingerprint density at radius 3 is 2.02 bits per heavy atom. The number of rotatable bonds is 15. The first-order chi connectivity index (χ1) is 19.1. The number of esters is 1. The zero-order chi connectivity index (χ0) is 29.2. The highest BCUT2D eigenvalue weighted by Crippen LogP contribution is 2.26. The van der Waals surface area contributed by atoms with Crippen LogP contribution in [0.4, 0.5) is 11.4 Å². The molecule has 1 fully saturated rings. The van der Waals surface area contributed by atoms with Gasteiger partial charge in [0.15, 0.2) is 0 Å². The second kappa shape index (κ2) is 13.5. The molecule has 1 amide bonds. The van der Waals surface area contributed by atoms with Crippen LogP contribution in [0.25, 0.3) is 5.53 Å². The zero-order valence-corrected chi connectivity index (χ0v) is 20.5. The van der Waals surface area contributed by atoms with E-state index in [4.69, 9.17) is 14.2 Å². The zero-order valence-electron chi connectivity index (χ0n) is 20.5. The Morgan fingerprint density at radius 1 is 1.00 bits per heavy atom. The van der Waals surface area contributed by atoms with Gasteiger partial charge in [0, 0.05) is 30.7 Å². The Bertz CT molecular complexity index is 1350. The number of hydrogen-bond acceptors (Lipinski definition) is 11. The number of carbonyl (C=O) groups is 4. The van der Waals surface area contributed by atoms with Crippen LogP contribution in [-0.2, 0) is 46.6 Å². The number of β-lactam (4-membered cyclic amide) rings is 1. The number of hydrogen-bond donors (Lipinski definition) is 1. The number of nitrogens with zero attached hydrogens (tertiary/aromatic N) is 4. The van der Waals surface area contributed by atoms with E-state index in [1.54, 1.807) is 0 Å². The van der Waals surface area contributed by atoms with Gasteiger partial charge in [-0.25, -0.2) is 4.79 Å². The second-order valence-corrected chi connectivity index (χ2v) is 8.42. The Morgan fingerprint density at radius 2 is 1.55 bits per heavy atom. The van der Waals surface area contributed by atoms with E-state index in [0.717, 1.165) is 0 Å². The van der Waals surface area contributed by atoms with E-state index >= 15 is 0 Å². The van der Waals surface area contributed by atoms with Gasteiger partial charge in [0.2, 0.25) is 5.91 Å². The van der Waals surface area contributed by atoms with Gasteiger partial charge in [0.05, 0.1) is 28.4 Å². The van der Waals surface area contributed by atoms with Crippen molar-refractivity contribution in [3.8, 4) is 0 Å². The summed E-state index contributed by atoms with van der Waals surface area (Å²) >= 11 is 0. The highest BCUT2D eigenvalue weighted by atomic mass is 16.6. The van der Waals surface area contributed by atoms with E-state index in [1.165, 1.54) is 48.5 Å². The van der Waals surface area contributed by atoms with E-state index in [2.05, 4.69) is 10.1 Å². The quantitative estimate of drug-likeness (QED) is 0.0375. The van der Waals surface area contributed by atoms with Crippen molar-refractivity contribution in [1.82, 2.24) is 5.32 Å². The molecule has 2 aromatic carbocycles. The molecule has 0 bridgehead atoms. The maximum atomic E-state index is 12.7. The van der Waals surface area contributed by atoms with Crippen LogP contribution in [-0.4, -0.2) is 63.2 Å². The molecule has 0 aliphatic carbocycles. The predicted molar refractivity (Wildman–Crippen MR) is 130 cm³/mol. The molecule has 2 aromatic rings. The second-order valence-electron chi connectivity index (χ2n) is 8.42. The topological polar surface area (TPSA) is 231 Å². The first-order valence-electron chi connectivity index (χ1n) is 11.5. The number of nitrogens with one attached hydrogen (secondary N) is 1. The van der Waals surface area contributed by atoms with Gasteiger partial charge in [-0.05, 0) is 35.4 Å². The number of benzene rings is 2. The van der Waals surface area contributed by atoms with Gasteiger partial charge in [-0.3, -0.25) is 34.6 Å². The van der Waals surface area contributed by atoms with Crippen molar-refractivity contribution in [3.63, 3.8) is 0 Å². The minimum atomic E-state index is -1.26. The van der Waals surface area contributed by atoms with E-state index in [1.807, 2.05) is 0 Å². The van der Waals surface area contributed by atoms with E-state index in [-0.39, 0.29) is 37.7 Å². The lowest BCUT2D eigenvalue weighted by atomic mass is 9.82. The average Bonchev–Trinajstić information content (AvgIpc) is 2.93. The maximum absolute atomic E-state index is 12.7. The average molecular weight is 555 g/mol. The third kappa shape index (κ3) is 7.37. The summed E-state index contributed by atoms with van der Waals surface area (Å²) in [6.07, 6.45) is -1.50. The van der Waals surface area contributed by atoms with Crippen LogP contribution in [0.1, 0.15) is 17.5 Å². The number of ether oxygens (including phenoxy) is 3. The fourth-order valence-corrected chi connectivity index (χ4v) is 3.81. The molecule has 1 aliphatic rings. The summed E-state index contributed by atoms with van der Waals surface area (Å²) in [5.41, 5.74) is 8.91. The van der Waals surface area contributed by atoms with Gasteiger partial charge < -0.3 is 25.1 Å². The highest BCUT2D eigenvalue weighted by molar-refractivity contribution is 6.62. The molecular weight excluding hydrogens is 534 g/mol. The number of amides is 1. The lowest BCUT2D eigenvalue weighted by Crippen LogP contribution is -2.64. The van der Waals surface area contributed by atoms with Crippen LogP contribution >= 0.6 is 0 Å². The normalized spacial score (nSPS) is 16.4. The van der Waals surface area contributed by atoms with Gasteiger partial charge in [-0.15, -0.1) is 0 Å². The van der Waals surface area contributed by atoms with Gasteiger partial charge >= 0.3 is 11.7 Å². The smallest absolute Gasteiger partial charge is 0.441 e. The van der Waals surface area contributed by atoms with Gasteiger partial charge in [0.25, 0.3) is 23.6 Å². The fraction of sp³-hybridized carbons (Fsp3) is 0.292. The minimum Gasteiger partial charge on any atom is -0.465 e. The summed E-state index contributed by atoms with van der Waals surface area (Å²) in [6.45, 7) is -0.672. The summed E-state index contributed by atoms with van der Waals surface area (Å²) < 4.78 is 15.4. The van der Waals surface area contributed by atoms with Crippen LogP contribution in [0.2, 0.25) is 0 Å². The van der Waals surface area contributed by atoms with Crippen molar-refractivity contribution in [3.05, 3.63) is 85.4 Å². The molecule has 1 saturated heterocycles. The van der Waals surface area contributed by atoms with Crippen LogP contribution in [0, 0.1) is 26.1 Å². The molecule has 0 radical (unpaired) electrons. The molecule has 40 heavy (non-hydrogen) atoms. The molecule has 1 heterocycles. The van der Waals surface area contributed by atoms with Crippen LogP contribution in [0.15, 0.2) is 48.5 Å². The minimum absolute atomic E-state index is 0.104. The molecule has 208 valence electrons. The standard InChI is InChI=1S/C24H21N5O11/c25-27-22(24(33)40-11-15-3-7-17(8-4-15)29(36)37)19(31)9-18-21(23(32)26-18)20(12-38-13-30)39-10-14-1-5-16(6-2-14)28(34)35/h1-8,13,18,20-21H,9-12H2,(H,26,32). The number of non-ortho nitro benzene ring substituents is 2. The Kier molecular flexibility index (Phi) is 9.83. The van der Waals surface area contributed by atoms with Crippen molar-refractivity contribution in [2.75, 3.05) is 6.61 Å². The van der Waals surface area contributed by atoms with Crippen molar-refractivity contribution < 1.29 is 48.0 Å². The molecular formula is C24H21N5O11. The molecule has 16 nitrogen and oxygen atoms in total. The molecule has 1 N–H and O–H groups in total. The number of nitro benzene ring substituents is 2. The van der Waals surface area contributed by atoms with Crippen molar-refractivity contribution >= 4 is 41.2 Å². The number of carbonyl (C=O) groups excluding carboxylic acids is 4. The summed E-state index contributed by atoms with van der Waals surface area (Å²) in [5, 5.41) is 24.0. The van der Waals surface area contributed by atoms with Crippen molar-refractivity contribution in [1.29, 1.82) is 0 Å². The lowest BCUT2D eigenvalue weighted by molar-refractivity contribution is -0.385. The monoisotopic (exact) mass is 555 g/mol. The fourth-order valence-electron chi connectivity index (χ4n) is 3.81. The van der Waals surface area contributed by atoms with Crippen LogP contribution < -0.4 is 5.32 Å². The summed E-state index contributed by atoms with van der Waals surface area (Å²) in [4.78, 5) is 71.2. The van der Waals surface area contributed by atoms with Gasteiger partial charge in [0.1, 0.15) is 19.3 Å². The highest BCUT2D eigenvalue weighted by Gasteiger charge is 2.48.